The number of fused-ring (bicyclic) bond motifs is 1. The van der Waals surface area contributed by atoms with Gasteiger partial charge in [-0.1, -0.05) is 6.92 Å². The molecule has 5 heteroatoms. The maximum atomic E-state index is 11.4. The van der Waals surface area contributed by atoms with Crippen LogP contribution in [0.3, 0.4) is 0 Å². The van der Waals surface area contributed by atoms with Crippen LogP contribution in [0.5, 0.6) is 0 Å². The number of hydrogen-bond donors (Lipinski definition) is 3. The van der Waals surface area contributed by atoms with Crippen LogP contribution in [0.15, 0.2) is 0 Å². The third-order valence-electron chi connectivity index (χ3n) is 2.54. The summed E-state index contributed by atoms with van der Waals surface area (Å²) in [5.74, 6) is 0.730. The fraction of sp³-hybridized carbons (Fsp3) is 0.600. The van der Waals surface area contributed by atoms with E-state index < -0.39 is 0 Å². The lowest BCUT2D eigenvalue weighted by molar-refractivity contribution is -0.116. The van der Waals surface area contributed by atoms with E-state index in [1.165, 1.54) is 0 Å². The molecule has 3 N–H and O–H groups in total. The number of H-pyrrole nitrogens is 1. The Morgan fingerprint density at radius 3 is 3.27 bits per heavy atom. The van der Waals surface area contributed by atoms with E-state index in [0.717, 1.165) is 37.2 Å². The number of hydrogen-bond acceptors (Lipinski definition) is 3. The highest BCUT2D eigenvalue weighted by molar-refractivity contribution is 5.90. The van der Waals surface area contributed by atoms with Crippen LogP contribution in [0.25, 0.3) is 0 Å². The highest BCUT2D eigenvalue weighted by atomic mass is 16.1. The Bertz CT molecular complexity index is 358. The van der Waals surface area contributed by atoms with Crippen LogP contribution < -0.4 is 10.6 Å². The van der Waals surface area contributed by atoms with Gasteiger partial charge in [-0.15, -0.1) is 0 Å². The number of amides is 1. The second-order valence-corrected chi connectivity index (χ2v) is 3.75. The monoisotopic (exact) mass is 208 g/mol. The van der Waals surface area contributed by atoms with Crippen molar-refractivity contribution < 1.29 is 4.79 Å². The normalized spacial score (nSPS) is 14.7. The maximum absolute atomic E-state index is 11.4. The van der Waals surface area contributed by atoms with Crippen LogP contribution >= 0.6 is 0 Å². The SMILES string of the molecule is CCCC(=O)Nc1n[nH]c2c1CNCC2. The summed E-state index contributed by atoms with van der Waals surface area (Å²) < 4.78 is 0. The van der Waals surface area contributed by atoms with Gasteiger partial charge in [-0.25, -0.2) is 0 Å². The highest BCUT2D eigenvalue weighted by Gasteiger charge is 2.17. The zero-order valence-corrected chi connectivity index (χ0v) is 8.89. The number of rotatable bonds is 3. The van der Waals surface area contributed by atoms with Crippen LogP contribution in [-0.2, 0) is 17.8 Å². The molecule has 15 heavy (non-hydrogen) atoms. The average molecular weight is 208 g/mol. The van der Waals surface area contributed by atoms with Crippen molar-refractivity contribution >= 4 is 11.7 Å². The smallest absolute Gasteiger partial charge is 0.225 e. The number of carbonyl (C=O) groups is 1. The molecule has 82 valence electrons. The molecule has 0 bridgehead atoms. The molecule has 1 aromatic heterocycles. The van der Waals surface area contributed by atoms with Crippen molar-refractivity contribution in [3.05, 3.63) is 11.3 Å². The fourth-order valence-corrected chi connectivity index (χ4v) is 1.75. The first-order valence-electron chi connectivity index (χ1n) is 5.38. The summed E-state index contributed by atoms with van der Waals surface area (Å²) in [4.78, 5) is 11.4. The summed E-state index contributed by atoms with van der Waals surface area (Å²) in [5.41, 5.74) is 2.24. The van der Waals surface area contributed by atoms with E-state index in [2.05, 4.69) is 20.8 Å². The van der Waals surface area contributed by atoms with Crippen molar-refractivity contribution in [3.8, 4) is 0 Å². The molecule has 0 aliphatic carbocycles. The van der Waals surface area contributed by atoms with Gasteiger partial charge in [0.1, 0.15) is 0 Å². The standard InChI is InChI=1S/C10H16N4O/c1-2-3-9(15)12-10-7-6-11-5-4-8(7)13-14-10/h11H,2-6H2,1H3,(H2,12,13,14,15). The third-order valence-corrected chi connectivity index (χ3v) is 2.54. The quantitative estimate of drug-likeness (QED) is 0.688. The molecule has 2 heterocycles. The Morgan fingerprint density at radius 2 is 2.47 bits per heavy atom. The van der Waals surface area contributed by atoms with Gasteiger partial charge in [0.2, 0.25) is 5.91 Å². The first-order chi connectivity index (χ1) is 7.31. The van der Waals surface area contributed by atoms with E-state index in [4.69, 9.17) is 0 Å². The van der Waals surface area contributed by atoms with E-state index in [1.807, 2.05) is 6.92 Å². The lowest BCUT2D eigenvalue weighted by atomic mass is 10.1. The van der Waals surface area contributed by atoms with Gasteiger partial charge in [0.15, 0.2) is 5.82 Å². The van der Waals surface area contributed by atoms with Gasteiger partial charge in [0.25, 0.3) is 0 Å². The first kappa shape index (κ1) is 10.2. The van der Waals surface area contributed by atoms with Crippen LogP contribution in [0.2, 0.25) is 0 Å². The van der Waals surface area contributed by atoms with E-state index >= 15 is 0 Å². The fourth-order valence-electron chi connectivity index (χ4n) is 1.75. The van der Waals surface area contributed by atoms with Gasteiger partial charge in [-0.05, 0) is 6.42 Å². The Balaban J connectivity index is 2.08. The van der Waals surface area contributed by atoms with Gasteiger partial charge >= 0.3 is 0 Å². The molecule has 0 spiro atoms. The van der Waals surface area contributed by atoms with Crippen molar-refractivity contribution in [1.82, 2.24) is 15.5 Å². The second-order valence-electron chi connectivity index (χ2n) is 3.75. The number of nitrogens with one attached hydrogen (secondary N) is 3. The van der Waals surface area contributed by atoms with Crippen LogP contribution in [-0.4, -0.2) is 22.6 Å². The highest BCUT2D eigenvalue weighted by Crippen LogP contribution is 2.19. The summed E-state index contributed by atoms with van der Waals surface area (Å²) in [7, 11) is 0. The minimum Gasteiger partial charge on any atom is -0.312 e. The number of aromatic nitrogens is 2. The molecule has 2 rings (SSSR count). The number of carbonyl (C=O) groups excluding carboxylic acids is 1. The van der Waals surface area contributed by atoms with Crippen molar-refractivity contribution in [1.29, 1.82) is 0 Å². The molecule has 0 radical (unpaired) electrons. The minimum absolute atomic E-state index is 0.0392. The van der Waals surface area contributed by atoms with Crippen LogP contribution in [0, 0.1) is 0 Å². The molecule has 5 nitrogen and oxygen atoms in total. The Hall–Kier alpha value is -1.36. The third kappa shape index (κ3) is 2.18. The Morgan fingerprint density at radius 1 is 1.60 bits per heavy atom. The van der Waals surface area contributed by atoms with Crippen molar-refractivity contribution in [3.63, 3.8) is 0 Å². The summed E-state index contributed by atoms with van der Waals surface area (Å²) in [5, 5.41) is 13.2. The lowest BCUT2D eigenvalue weighted by Crippen LogP contribution is -2.24. The van der Waals surface area contributed by atoms with E-state index in [0.29, 0.717) is 12.2 Å². The van der Waals surface area contributed by atoms with Crippen LogP contribution in [0.4, 0.5) is 5.82 Å². The molecule has 1 aromatic rings. The molecule has 0 fully saturated rings. The van der Waals surface area contributed by atoms with Crippen LogP contribution in [0.1, 0.15) is 31.0 Å². The zero-order chi connectivity index (χ0) is 10.7. The molecule has 0 saturated carbocycles. The van der Waals surface area contributed by atoms with Gasteiger partial charge in [-0.3, -0.25) is 9.89 Å². The predicted octanol–water partition coefficient (Wildman–Crippen LogP) is 0.794. The summed E-state index contributed by atoms with van der Waals surface area (Å²) >= 11 is 0. The lowest BCUT2D eigenvalue weighted by Gasteiger charge is -2.12. The van der Waals surface area contributed by atoms with Crippen molar-refractivity contribution in [2.24, 2.45) is 0 Å². The molecule has 0 aromatic carbocycles. The first-order valence-corrected chi connectivity index (χ1v) is 5.38. The second kappa shape index (κ2) is 4.44. The number of nitrogens with zero attached hydrogens (tertiary/aromatic N) is 1. The van der Waals surface area contributed by atoms with Crippen molar-refractivity contribution in [2.75, 3.05) is 11.9 Å². The molecule has 0 unspecified atom stereocenters. The van der Waals surface area contributed by atoms with Gasteiger partial charge in [0, 0.05) is 37.2 Å². The molecule has 0 atom stereocenters. The van der Waals surface area contributed by atoms with Gasteiger partial charge < -0.3 is 10.6 Å². The summed E-state index contributed by atoms with van der Waals surface area (Å²) in [6.07, 6.45) is 2.36. The van der Waals surface area contributed by atoms with E-state index in [-0.39, 0.29) is 5.91 Å². The maximum Gasteiger partial charge on any atom is 0.225 e. The van der Waals surface area contributed by atoms with E-state index in [9.17, 15) is 4.79 Å². The molecule has 1 amide bonds. The minimum atomic E-state index is 0.0392. The zero-order valence-electron chi connectivity index (χ0n) is 8.89. The Labute approximate surface area is 88.6 Å². The molecule has 0 saturated heterocycles. The molecular weight excluding hydrogens is 192 g/mol. The van der Waals surface area contributed by atoms with E-state index in [1.54, 1.807) is 0 Å². The largest absolute Gasteiger partial charge is 0.312 e. The van der Waals surface area contributed by atoms with Crippen molar-refractivity contribution in [2.45, 2.75) is 32.7 Å². The van der Waals surface area contributed by atoms with Gasteiger partial charge in [-0.2, -0.15) is 5.10 Å². The van der Waals surface area contributed by atoms with Gasteiger partial charge in [0.05, 0.1) is 0 Å². The predicted molar refractivity (Wildman–Crippen MR) is 57.5 cm³/mol. The molecular formula is C10H16N4O. The topological polar surface area (TPSA) is 69.8 Å². The number of aromatic amines is 1. The average Bonchev–Trinajstić information content (AvgIpc) is 2.62. The summed E-state index contributed by atoms with van der Waals surface area (Å²) in [6.45, 7) is 3.74. The number of anilines is 1. The molecule has 1 aliphatic rings. The molecule has 1 aliphatic heterocycles. The Kier molecular flexibility index (Phi) is 3.01. The summed E-state index contributed by atoms with van der Waals surface area (Å²) in [6, 6.07) is 0.